The Hall–Kier alpha value is -1.97. The second-order valence-electron chi connectivity index (χ2n) is 7.23. The zero-order chi connectivity index (χ0) is 18.4. The Balaban J connectivity index is 1.80. The molecule has 25 heavy (non-hydrogen) atoms. The lowest BCUT2D eigenvalue weighted by molar-refractivity contribution is 0.215. The number of aromatic nitrogens is 2. The second kappa shape index (κ2) is 6.08. The maximum Gasteiger partial charge on any atom is 0.255 e. The Labute approximate surface area is 145 Å². The molecule has 0 saturated heterocycles. The molecule has 0 saturated carbocycles. The second-order valence-corrected chi connectivity index (χ2v) is 8.54. The summed E-state index contributed by atoms with van der Waals surface area (Å²) in [6, 6.07) is 2.62. The van der Waals surface area contributed by atoms with Crippen molar-refractivity contribution in [1.82, 2.24) is 14.9 Å². The summed E-state index contributed by atoms with van der Waals surface area (Å²) in [6.07, 6.45) is 0.621. The predicted molar refractivity (Wildman–Crippen MR) is 88.0 cm³/mol. The van der Waals surface area contributed by atoms with E-state index in [9.17, 15) is 17.8 Å². The lowest BCUT2D eigenvalue weighted by atomic mass is 9.95. The third kappa shape index (κ3) is 3.83. The Bertz CT molecular complexity index is 953. The first-order valence-electron chi connectivity index (χ1n) is 7.93. The highest BCUT2D eigenvalue weighted by atomic mass is 32.2. The van der Waals surface area contributed by atoms with Crippen molar-refractivity contribution in [2.24, 2.45) is 0 Å². The molecule has 0 aliphatic carbocycles. The standard InChI is InChI=1S/C16H21N3O5S/c1-16(2,3)15-17-12-6-7-19(9-11(12)14(20)18-15)8-10-4-5-13(24-10)25(21,22)23/h4-5H,6-9H2,1-3H3,(H,17,18,20)(H,21,22,23)/p-1. The molecule has 0 bridgehead atoms. The van der Waals surface area contributed by atoms with Gasteiger partial charge in [0.15, 0.2) is 10.1 Å². The Morgan fingerprint density at radius 3 is 2.68 bits per heavy atom. The molecule has 0 spiro atoms. The lowest BCUT2D eigenvalue weighted by Gasteiger charge is -2.28. The third-order valence-corrected chi connectivity index (χ3v) is 4.83. The van der Waals surface area contributed by atoms with Crippen molar-refractivity contribution in [3.63, 3.8) is 0 Å². The molecule has 0 amide bonds. The summed E-state index contributed by atoms with van der Waals surface area (Å²) in [4.78, 5) is 21.8. The fourth-order valence-electron chi connectivity index (χ4n) is 2.77. The Morgan fingerprint density at radius 2 is 2.08 bits per heavy atom. The van der Waals surface area contributed by atoms with Gasteiger partial charge in [-0.05, 0) is 12.1 Å². The van der Waals surface area contributed by atoms with Gasteiger partial charge in [-0.25, -0.2) is 13.4 Å². The van der Waals surface area contributed by atoms with E-state index < -0.39 is 15.2 Å². The van der Waals surface area contributed by atoms with Crippen LogP contribution >= 0.6 is 0 Å². The van der Waals surface area contributed by atoms with Crippen LogP contribution in [-0.4, -0.2) is 34.4 Å². The molecule has 1 aliphatic rings. The van der Waals surface area contributed by atoms with Gasteiger partial charge >= 0.3 is 0 Å². The van der Waals surface area contributed by atoms with Gasteiger partial charge in [-0.1, -0.05) is 20.8 Å². The summed E-state index contributed by atoms with van der Waals surface area (Å²) in [6.45, 7) is 7.34. The van der Waals surface area contributed by atoms with Crippen molar-refractivity contribution in [2.75, 3.05) is 6.54 Å². The molecule has 2 aromatic heterocycles. The van der Waals surface area contributed by atoms with Crippen molar-refractivity contribution in [3.8, 4) is 0 Å². The topological polar surface area (TPSA) is 119 Å². The summed E-state index contributed by atoms with van der Waals surface area (Å²) in [5.74, 6) is 1.04. The maximum atomic E-state index is 12.4. The summed E-state index contributed by atoms with van der Waals surface area (Å²) in [5.41, 5.74) is 1.02. The summed E-state index contributed by atoms with van der Waals surface area (Å²) < 4.78 is 37.9. The van der Waals surface area contributed by atoms with Gasteiger partial charge < -0.3 is 14.0 Å². The number of H-pyrrole nitrogens is 1. The number of hydrogen-bond acceptors (Lipinski definition) is 7. The van der Waals surface area contributed by atoms with E-state index >= 15 is 0 Å². The van der Waals surface area contributed by atoms with Crippen LogP contribution in [0.3, 0.4) is 0 Å². The minimum atomic E-state index is -4.60. The number of nitrogens with zero attached hydrogens (tertiary/aromatic N) is 2. The van der Waals surface area contributed by atoms with Gasteiger partial charge in [0.25, 0.3) is 5.56 Å². The van der Waals surface area contributed by atoms with Crippen LogP contribution in [0.25, 0.3) is 0 Å². The molecular weight excluding hydrogens is 346 g/mol. The molecule has 1 aliphatic heterocycles. The van der Waals surface area contributed by atoms with Crippen molar-refractivity contribution in [2.45, 2.75) is 50.8 Å². The largest absolute Gasteiger partial charge is 0.742 e. The first-order valence-corrected chi connectivity index (χ1v) is 9.34. The lowest BCUT2D eigenvalue weighted by Crippen LogP contribution is -2.37. The minimum absolute atomic E-state index is 0.151. The average molecular weight is 366 g/mol. The average Bonchev–Trinajstić information content (AvgIpc) is 2.95. The van der Waals surface area contributed by atoms with E-state index in [1.807, 2.05) is 25.7 Å². The maximum absolute atomic E-state index is 12.4. The molecule has 3 heterocycles. The monoisotopic (exact) mass is 366 g/mol. The van der Waals surface area contributed by atoms with Crippen LogP contribution in [0, 0.1) is 0 Å². The van der Waals surface area contributed by atoms with Crippen LogP contribution in [0.4, 0.5) is 0 Å². The van der Waals surface area contributed by atoms with E-state index in [1.54, 1.807) is 0 Å². The molecule has 0 fully saturated rings. The molecule has 0 radical (unpaired) electrons. The summed E-state index contributed by atoms with van der Waals surface area (Å²) in [7, 11) is -4.60. The van der Waals surface area contributed by atoms with Crippen LogP contribution in [-0.2, 0) is 35.0 Å². The van der Waals surface area contributed by atoms with Crippen molar-refractivity contribution >= 4 is 10.1 Å². The molecule has 3 rings (SSSR count). The first-order chi connectivity index (χ1) is 11.5. The van der Waals surface area contributed by atoms with Crippen molar-refractivity contribution in [1.29, 1.82) is 0 Å². The van der Waals surface area contributed by atoms with Gasteiger partial charge in [-0.15, -0.1) is 0 Å². The number of furan rings is 1. The number of fused-ring (bicyclic) bond motifs is 1. The van der Waals surface area contributed by atoms with Gasteiger partial charge in [-0.2, -0.15) is 0 Å². The Morgan fingerprint density at radius 1 is 1.36 bits per heavy atom. The molecule has 1 N–H and O–H groups in total. The molecule has 2 aromatic rings. The van der Waals surface area contributed by atoms with E-state index in [2.05, 4.69) is 9.97 Å². The van der Waals surface area contributed by atoms with Crippen LogP contribution in [0.2, 0.25) is 0 Å². The zero-order valence-electron chi connectivity index (χ0n) is 14.3. The molecule has 0 unspecified atom stereocenters. The molecule has 136 valence electrons. The van der Waals surface area contributed by atoms with E-state index in [-0.39, 0.29) is 11.0 Å². The smallest absolute Gasteiger partial charge is 0.255 e. The first kappa shape index (κ1) is 17.8. The van der Waals surface area contributed by atoms with Crippen molar-refractivity contribution in [3.05, 3.63) is 45.3 Å². The normalized spacial score (nSPS) is 16.0. The van der Waals surface area contributed by atoms with E-state index in [0.29, 0.717) is 43.2 Å². The number of aromatic amines is 1. The molecule has 8 nitrogen and oxygen atoms in total. The van der Waals surface area contributed by atoms with Gasteiger partial charge in [-0.3, -0.25) is 9.69 Å². The number of hydrogen-bond donors (Lipinski definition) is 1. The fourth-order valence-corrected chi connectivity index (χ4v) is 3.21. The van der Waals surface area contributed by atoms with Gasteiger partial charge in [0.2, 0.25) is 5.09 Å². The highest BCUT2D eigenvalue weighted by molar-refractivity contribution is 7.85. The Kier molecular flexibility index (Phi) is 4.34. The van der Waals surface area contributed by atoms with Gasteiger partial charge in [0, 0.05) is 24.9 Å². The van der Waals surface area contributed by atoms with Crippen molar-refractivity contribution < 1.29 is 17.4 Å². The highest BCUT2D eigenvalue weighted by Crippen LogP contribution is 2.22. The van der Waals surface area contributed by atoms with E-state index in [0.717, 1.165) is 11.8 Å². The SMILES string of the molecule is CC(C)(C)c1nc2c(c(=O)[nH]1)CN(Cc1ccc(S(=O)(=O)[O-])o1)CC2. The number of nitrogens with one attached hydrogen (secondary N) is 1. The quantitative estimate of drug-likeness (QED) is 0.808. The molecule has 0 aromatic carbocycles. The minimum Gasteiger partial charge on any atom is -0.742 e. The van der Waals surface area contributed by atoms with Gasteiger partial charge in [0.05, 0.1) is 17.8 Å². The zero-order valence-corrected chi connectivity index (χ0v) is 15.1. The van der Waals surface area contributed by atoms with Crippen LogP contribution < -0.4 is 5.56 Å². The summed E-state index contributed by atoms with van der Waals surface area (Å²) in [5, 5.41) is -0.589. The fraction of sp³-hybridized carbons (Fsp3) is 0.500. The highest BCUT2D eigenvalue weighted by Gasteiger charge is 2.25. The van der Waals surface area contributed by atoms with E-state index in [1.165, 1.54) is 6.07 Å². The van der Waals surface area contributed by atoms with Crippen LogP contribution in [0.5, 0.6) is 0 Å². The predicted octanol–water partition coefficient (Wildman–Crippen LogP) is 1.12. The molecule has 0 atom stereocenters. The molecular formula is C16H20N3O5S-. The van der Waals surface area contributed by atoms with E-state index in [4.69, 9.17) is 4.42 Å². The summed E-state index contributed by atoms with van der Waals surface area (Å²) >= 11 is 0. The van der Waals surface area contributed by atoms with Gasteiger partial charge in [0.1, 0.15) is 11.6 Å². The molecule has 9 heteroatoms. The van der Waals surface area contributed by atoms with Crippen LogP contribution in [0.1, 0.15) is 43.6 Å². The number of rotatable bonds is 3. The van der Waals surface area contributed by atoms with Crippen LogP contribution in [0.15, 0.2) is 26.4 Å². The third-order valence-electron chi connectivity index (χ3n) is 4.12.